The summed E-state index contributed by atoms with van der Waals surface area (Å²) in [4.78, 5) is 0. The minimum absolute atomic E-state index is 0.0557. The van der Waals surface area contributed by atoms with Crippen LogP contribution in [-0.2, 0) is 4.74 Å². The van der Waals surface area contributed by atoms with Crippen LogP contribution in [0.1, 0.15) is 18.1 Å². The summed E-state index contributed by atoms with van der Waals surface area (Å²) in [5.41, 5.74) is 5.98. The molecule has 0 heterocycles. The van der Waals surface area contributed by atoms with Gasteiger partial charge >= 0.3 is 0 Å². The van der Waals surface area contributed by atoms with Crippen LogP contribution in [0.25, 0.3) is 0 Å². The van der Waals surface area contributed by atoms with Gasteiger partial charge in [-0.3, -0.25) is 0 Å². The Kier molecular flexibility index (Phi) is 5.90. The molecule has 1 rings (SSSR count). The third-order valence-corrected chi connectivity index (χ3v) is 2.64. The molecule has 0 saturated carbocycles. The number of aliphatic hydroxyl groups is 1. The molecule has 16 heavy (non-hydrogen) atoms. The number of hydrogen-bond acceptors (Lipinski definition) is 3. The molecule has 0 fully saturated rings. The van der Waals surface area contributed by atoms with Crippen LogP contribution < -0.4 is 5.73 Å². The molecule has 1 aromatic rings. The molecule has 3 N–H and O–H groups in total. The topological polar surface area (TPSA) is 55.5 Å². The Morgan fingerprint density at radius 3 is 2.81 bits per heavy atom. The lowest BCUT2D eigenvalue weighted by molar-refractivity contribution is 0.0467. The summed E-state index contributed by atoms with van der Waals surface area (Å²) in [6.45, 7) is 0.637. The first-order chi connectivity index (χ1) is 7.69. The zero-order valence-electron chi connectivity index (χ0n) is 8.83. The monoisotopic (exact) mass is 291 g/mol. The highest BCUT2D eigenvalue weighted by molar-refractivity contribution is 9.10. The fraction of sp³-hybridized carbons (Fsp3) is 0.455. The van der Waals surface area contributed by atoms with Gasteiger partial charge in [0.05, 0.1) is 6.10 Å². The molecule has 0 radical (unpaired) electrons. The second kappa shape index (κ2) is 6.96. The summed E-state index contributed by atoms with van der Waals surface area (Å²) in [6.07, 6.45) is 0.0638. The van der Waals surface area contributed by atoms with Gasteiger partial charge in [0.15, 0.2) is 0 Å². The van der Waals surface area contributed by atoms with Crippen molar-refractivity contribution in [3.8, 4) is 0 Å². The van der Waals surface area contributed by atoms with Crippen LogP contribution in [0.4, 0.5) is 4.39 Å². The Bertz CT molecular complexity index is 336. The van der Waals surface area contributed by atoms with Crippen molar-refractivity contribution in [3.05, 3.63) is 34.1 Å². The predicted molar refractivity (Wildman–Crippen MR) is 63.6 cm³/mol. The van der Waals surface area contributed by atoms with Gasteiger partial charge in [-0.15, -0.1) is 0 Å². The maximum absolute atomic E-state index is 13.6. The molecule has 0 saturated heterocycles. The second-order valence-electron chi connectivity index (χ2n) is 3.34. The Hall–Kier alpha value is -0.490. The Morgan fingerprint density at radius 1 is 1.50 bits per heavy atom. The molecule has 1 unspecified atom stereocenters. The molecule has 1 atom stereocenters. The fourth-order valence-electron chi connectivity index (χ4n) is 1.34. The van der Waals surface area contributed by atoms with E-state index in [2.05, 4.69) is 15.9 Å². The molecule has 3 nitrogen and oxygen atoms in total. The highest BCUT2D eigenvalue weighted by Crippen LogP contribution is 2.23. The van der Waals surface area contributed by atoms with E-state index in [9.17, 15) is 4.39 Å². The zero-order valence-corrected chi connectivity index (χ0v) is 10.4. The highest BCUT2D eigenvalue weighted by Gasteiger charge is 2.14. The number of nitrogens with two attached hydrogens (primary N) is 1. The molecule has 0 spiro atoms. The van der Waals surface area contributed by atoms with Crippen LogP contribution in [0.5, 0.6) is 0 Å². The van der Waals surface area contributed by atoms with E-state index in [1.54, 1.807) is 12.1 Å². The number of aliphatic hydroxyl groups excluding tert-OH is 1. The third-order valence-electron chi connectivity index (χ3n) is 2.14. The van der Waals surface area contributed by atoms with Crippen molar-refractivity contribution >= 4 is 15.9 Å². The van der Waals surface area contributed by atoms with E-state index in [4.69, 9.17) is 15.6 Å². The quantitative estimate of drug-likeness (QED) is 0.788. The van der Waals surface area contributed by atoms with Gasteiger partial charge in [-0.25, -0.2) is 4.39 Å². The molecule has 1 aromatic carbocycles. The van der Waals surface area contributed by atoms with Crippen LogP contribution in [0, 0.1) is 5.82 Å². The molecule has 0 aliphatic carbocycles. The summed E-state index contributed by atoms with van der Waals surface area (Å²) >= 11 is 3.19. The van der Waals surface area contributed by atoms with Crippen LogP contribution in [0.15, 0.2) is 22.7 Å². The largest absolute Gasteiger partial charge is 0.396 e. The normalized spacial score (nSPS) is 12.8. The van der Waals surface area contributed by atoms with Gasteiger partial charge in [-0.05, 0) is 18.6 Å². The Morgan fingerprint density at radius 2 is 2.25 bits per heavy atom. The number of rotatable bonds is 6. The second-order valence-corrected chi connectivity index (χ2v) is 4.25. The zero-order chi connectivity index (χ0) is 12.0. The van der Waals surface area contributed by atoms with Crippen molar-refractivity contribution < 1.29 is 14.2 Å². The molecular formula is C11H15BrFNO2. The lowest BCUT2D eigenvalue weighted by atomic mass is 10.1. The van der Waals surface area contributed by atoms with E-state index >= 15 is 0 Å². The lowest BCUT2D eigenvalue weighted by Gasteiger charge is -2.17. The van der Waals surface area contributed by atoms with Crippen molar-refractivity contribution in [2.24, 2.45) is 5.73 Å². The first kappa shape index (κ1) is 13.6. The number of hydrogen-bond donors (Lipinski definition) is 2. The number of ether oxygens (including phenoxy) is 1. The molecule has 0 amide bonds. The third kappa shape index (κ3) is 3.83. The minimum atomic E-state index is -0.459. The van der Waals surface area contributed by atoms with E-state index in [1.807, 2.05) is 0 Å². The van der Waals surface area contributed by atoms with Crippen LogP contribution in [0.3, 0.4) is 0 Å². The molecule has 0 aliphatic heterocycles. The van der Waals surface area contributed by atoms with Gasteiger partial charge in [-0.2, -0.15) is 0 Å². The summed E-state index contributed by atoms with van der Waals surface area (Å²) in [7, 11) is 0. The van der Waals surface area contributed by atoms with Crippen molar-refractivity contribution in [1.82, 2.24) is 0 Å². The van der Waals surface area contributed by atoms with Crippen molar-refractivity contribution in [3.63, 3.8) is 0 Å². The minimum Gasteiger partial charge on any atom is -0.396 e. The van der Waals surface area contributed by atoms with Crippen LogP contribution >= 0.6 is 15.9 Å². The molecule has 0 bridgehead atoms. The number of halogens is 2. The van der Waals surface area contributed by atoms with Gasteiger partial charge in [0.1, 0.15) is 5.82 Å². The predicted octanol–water partition coefficient (Wildman–Crippen LogP) is 1.99. The van der Waals surface area contributed by atoms with Gasteiger partial charge < -0.3 is 15.6 Å². The van der Waals surface area contributed by atoms with Gasteiger partial charge in [-0.1, -0.05) is 22.0 Å². The maximum Gasteiger partial charge on any atom is 0.130 e. The van der Waals surface area contributed by atoms with Crippen molar-refractivity contribution in [1.29, 1.82) is 0 Å². The summed E-state index contributed by atoms with van der Waals surface area (Å²) < 4.78 is 19.7. The van der Waals surface area contributed by atoms with E-state index in [-0.39, 0.29) is 19.0 Å². The Balaban J connectivity index is 2.70. The van der Waals surface area contributed by atoms with E-state index in [0.29, 0.717) is 23.1 Å². The summed E-state index contributed by atoms with van der Waals surface area (Å²) in [5, 5.41) is 8.62. The molecule has 0 aromatic heterocycles. The van der Waals surface area contributed by atoms with Gasteiger partial charge in [0.2, 0.25) is 0 Å². The molecular weight excluding hydrogens is 277 g/mol. The Labute approximate surface area is 103 Å². The van der Waals surface area contributed by atoms with Crippen LogP contribution in [0.2, 0.25) is 0 Å². The van der Waals surface area contributed by atoms with Crippen molar-refractivity contribution in [2.45, 2.75) is 12.5 Å². The lowest BCUT2D eigenvalue weighted by Crippen LogP contribution is -2.18. The van der Waals surface area contributed by atoms with Crippen molar-refractivity contribution in [2.75, 3.05) is 19.8 Å². The average molecular weight is 292 g/mol. The van der Waals surface area contributed by atoms with E-state index < -0.39 is 6.10 Å². The maximum atomic E-state index is 13.6. The van der Waals surface area contributed by atoms with Gasteiger partial charge in [0.25, 0.3) is 0 Å². The fourth-order valence-corrected chi connectivity index (χ4v) is 1.67. The first-order valence-corrected chi connectivity index (χ1v) is 5.85. The van der Waals surface area contributed by atoms with Crippen LogP contribution in [-0.4, -0.2) is 24.9 Å². The SMILES string of the molecule is NCC(OCCCO)c1ccc(Br)cc1F. The average Bonchev–Trinajstić information content (AvgIpc) is 2.26. The van der Waals surface area contributed by atoms with E-state index in [1.165, 1.54) is 6.07 Å². The van der Waals surface area contributed by atoms with Gasteiger partial charge in [0, 0.05) is 29.8 Å². The van der Waals surface area contributed by atoms with E-state index in [0.717, 1.165) is 0 Å². The summed E-state index contributed by atoms with van der Waals surface area (Å²) in [6, 6.07) is 4.78. The smallest absolute Gasteiger partial charge is 0.130 e. The molecule has 90 valence electrons. The first-order valence-electron chi connectivity index (χ1n) is 5.06. The molecule has 0 aliphatic rings. The highest BCUT2D eigenvalue weighted by atomic mass is 79.9. The summed E-state index contributed by atoms with van der Waals surface area (Å²) in [5.74, 6) is -0.339. The standard InChI is InChI=1S/C11H15BrFNO2/c12-8-2-3-9(10(13)6-8)11(7-14)16-5-1-4-15/h2-3,6,11,15H,1,4-5,7,14H2. The molecule has 5 heteroatoms. The number of benzene rings is 1.